The lowest BCUT2D eigenvalue weighted by atomic mass is 9.90. The van der Waals surface area contributed by atoms with Gasteiger partial charge >= 0.3 is 0 Å². The molecule has 1 nitrogen and oxygen atoms in total. The minimum Gasteiger partial charge on any atom is -0.316 e. The SMILES string of the molecule is CCSCCCNCC(C)(C)CC. The van der Waals surface area contributed by atoms with Gasteiger partial charge in [0.15, 0.2) is 0 Å². The zero-order valence-corrected chi connectivity index (χ0v) is 10.5. The highest BCUT2D eigenvalue weighted by molar-refractivity contribution is 7.99. The highest BCUT2D eigenvalue weighted by Crippen LogP contribution is 2.17. The van der Waals surface area contributed by atoms with Crippen LogP contribution < -0.4 is 5.32 Å². The molecule has 0 aliphatic heterocycles. The normalized spacial score (nSPS) is 12.0. The largest absolute Gasteiger partial charge is 0.316 e. The highest BCUT2D eigenvalue weighted by atomic mass is 32.2. The zero-order chi connectivity index (χ0) is 10.2. The Morgan fingerprint density at radius 1 is 1.23 bits per heavy atom. The summed E-state index contributed by atoms with van der Waals surface area (Å²) in [5, 5.41) is 3.52. The van der Waals surface area contributed by atoms with E-state index in [1.807, 2.05) is 11.8 Å². The summed E-state index contributed by atoms with van der Waals surface area (Å²) >= 11 is 2.03. The molecule has 0 fully saturated rings. The van der Waals surface area contributed by atoms with Gasteiger partial charge in [-0.25, -0.2) is 0 Å². The van der Waals surface area contributed by atoms with Crippen molar-refractivity contribution < 1.29 is 0 Å². The summed E-state index contributed by atoms with van der Waals surface area (Å²) in [5.41, 5.74) is 0.470. The Morgan fingerprint density at radius 2 is 1.92 bits per heavy atom. The van der Waals surface area contributed by atoms with Crippen molar-refractivity contribution in [1.29, 1.82) is 0 Å². The van der Waals surface area contributed by atoms with Crippen LogP contribution in [0.1, 0.15) is 40.5 Å². The van der Waals surface area contributed by atoms with E-state index in [1.165, 1.54) is 30.9 Å². The molecule has 0 bridgehead atoms. The number of nitrogens with one attached hydrogen (secondary N) is 1. The monoisotopic (exact) mass is 203 g/mol. The van der Waals surface area contributed by atoms with Crippen LogP contribution in [0.3, 0.4) is 0 Å². The minimum absolute atomic E-state index is 0.470. The maximum absolute atomic E-state index is 3.52. The van der Waals surface area contributed by atoms with Gasteiger partial charge in [0.25, 0.3) is 0 Å². The second-order valence-corrected chi connectivity index (χ2v) is 5.64. The van der Waals surface area contributed by atoms with Crippen LogP contribution in [0.25, 0.3) is 0 Å². The van der Waals surface area contributed by atoms with E-state index in [4.69, 9.17) is 0 Å². The van der Waals surface area contributed by atoms with Crippen molar-refractivity contribution in [1.82, 2.24) is 5.32 Å². The molecule has 0 radical (unpaired) electrons. The zero-order valence-electron chi connectivity index (χ0n) is 9.65. The van der Waals surface area contributed by atoms with Crippen LogP contribution >= 0.6 is 11.8 Å². The Morgan fingerprint density at radius 3 is 2.46 bits per heavy atom. The van der Waals surface area contributed by atoms with Crippen LogP contribution in [0, 0.1) is 5.41 Å². The van der Waals surface area contributed by atoms with Crippen molar-refractivity contribution in [3.05, 3.63) is 0 Å². The van der Waals surface area contributed by atoms with Gasteiger partial charge in [-0.15, -0.1) is 0 Å². The third-order valence-corrected chi connectivity index (χ3v) is 3.39. The van der Waals surface area contributed by atoms with Gasteiger partial charge in [-0.3, -0.25) is 0 Å². The van der Waals surface area contributed by atoms with Crippen LogP contribution in [0.15, 0.2) is 0 Å². The average molecular weight is 203 g/mol. The fourth-order valence-electron chi connectivity index (χ4n) is 0.995. The lowest BCUT2D eigenvalue weighted by Gasteiger charge is -2.22. The van der Waals surface area contributed by atoms with Crippen molar-refractivity contribution in [2.24, 2.45) is 5.41 Å². The fraction of sp³-hybridized carbons (Fsp3) is 1.00. The summed E-state index contributed by atoms with van der Waals surface area (Å²) in [4.78, 5) is 0. The molecule has 13 heavy (non-hydrogen) atoms. The van der Waals surface area contributed by atoms with Crippen LogP contribution in [0.4, 0.5) is 0 Å². The van der Waals surface area contributed by atoms with Crippen LogP contribution in [0.5, 0.6) is 0 Å². The first-order valence-corrected chi connectivity index (χ1v) is 6.56. The first kappa shape index (κ1) is 13.3. The predicted molar refractivity (Wildman–Crippen MR) is 64.6 cm³/mol. The van der Waals surface area contributed by atoms with Gasteiger partial charge in [0.05, 0.1) is 0 Å². The number of hydrogen-bond donors (Lipinski definition) is 1. The first-order valence-electron chi connectivity index (χ1n) is 5.41. The molecule has 2 heteroatoms. The van der Waals surface area contributed by atoms with Crippen molar-refractivity contribution in [2.45, 2.75) is 40.5 Å². The van der Waals surface area contributed by atoms with Crippen molar-refractivity contribution >= 4 is 11.8 Å². The molecule has 0 amide bonds. The molecule has 0 heterocycles. The lowest BCUT2D eigenvalue weighted by molar-refractivity contribution is 0.329. The van der Waals surface area contributed by atoms with E-state index in [2.05, 4.69) is 33.0 Å². The predicted octanol–water partition coefficient (Wildman–Crippen LogP) is 3.16. The van der Waals surface area contributed by atoms with Crippen LogP contribution in [-0.2, 0) is 0 Å². The molecule has 0 rings (SSSR count). The molecule has 0 saturated heterocycles. The molecule has 0 unspecified atom stereocenters. The van der Waals surface area contributed by atoms with Crippen molar-refractivity contribution in [2.75, 3.05) is 24.6 Å². The molecule has 0 aromatic rings. The third kappa shape index (κ3) is 8.63. The quantitative estimate of drug-likeness (QED) is 0.608. The molecule has 0 atom stereocenters. The maximum atomic E-state index is 3.52. The summed E-state index contributed by atoms with van der Waals surface area (Å²) < 4.78 is 0. The first-order chi connectivity index (χ1) is 6.12. The second kappa shape index (κ2) is 7.69. The molecule has 0 aromatic heterocycles. The molecule has 0 spiro atoms. The van der Waals surface area contributed by atoms with Gasteiger partial charge in [-0.1, -0.05) is 27.7 Å². The molecule has 0 saturated carbocycles. The fourth-order valence-corrected chi connectivity index (χ4v) is 1.63. The highest BCUT2D eigenvalue weighted by Gasteiger charge is 2.13. The molecule has 0 aliphatic rings. The van der Waals surface area contributed by atoms with Gasteiger partial charge in [0.1, 0.15) is 0 Å². The molecular weight excluding hydrogens is 178 g/mol. The van der Waals surface area contributed by atoms with E-state index >= 15 is 0 Å². The van der Waals surface area contributed by atoms with Crippen molar-refractivity contribution in [3.63, 3.8) is 0 Å². The Kier molecular flexibility index (Phi) is 7.87. The van der Waals surface area contributed by atoms with Gasteiger partial charge in [0.2, 0.25) is 0 Å². The van der Waals surface area contributed by atoms with Gasteiger partial charge in [-0.2, -0.15) is 11.8 Å². The Hall–Kier alpha value is 0.310. The van der Waals surface area contributed by atoms with Gasteiger partial charge in [0, 0.05) is 6.54 Å². The van der Waals surface area contributed by atoms with E-state index in [1.54, 1.807) is 0 Å². The van der Waals surface area contributed by atoms with Gasteiger partial charge < -0.3 is 5.32 Å². The number of rotatable bonds is 8. The van der Waals surface area contributed by atoms with E-state index in [0.29, 0.717) is 5.41 Å². The van der Waals surface area contributed by atoms with Gasteiger partial charge in [-0.05, 0) is 36.3 Å². The summed E-state index contributed by atoms with van der Waals surface area (Å²) in [5.74, 6) is 2.55. The van der Waals surface area contributed by atoms with Crippen molar-refractivity contribution in [3.8, 4) is 0 Å². The molecule has 0 aromatic carbocycles. The average Bonchev–Trinajstić information content (AvgIpc) is 2.11. The molecule has 0 aliphatic carbocycles. The van der Waals surface area contributed by atoms with E-state index in [-0.39, 0.29) is 0 Å². The Balaban J connectivity index is 3.16. The topological polar surface area (TPSA) is 12.0 Å². The smallest absolute Gasteiger partial charge is 0.000242 e. The standard InChI is InChI=1S/C11H25NS/c1-5-11(3,4)10-12-8-7-9-13-6-2/h12H,5-10H2,1-4H3. The molecular formula is C11H25NS. The lowest BCUT2D eigenvalue weighted by Crippen LogP contribution is -2.29. The van der Waals surface area contributed by atoms with Crippen LogP contribution in [-0.4, -0.2) is 24.6 Å². The summed E-state index contributed by atoms with van der Waals surface area (Å²) in [6.07, 6.45) is 2.56. The Labute approximate surface area is 88.1 Å². The summed E-state index contributed by atoms with van der Waals surface area (Å²) in [6.45, 7) is 11.4. The Bertz CT molecular complexity index is 113. The second-order valence-electron chi connectivity index (χ2n) is 4.25. The van der Waals surface area contributed by atoms with E-state index in [0.717, 1.165) is 6.54 Å². The van der Waals surface area contributed by atoms with E-state index < -0.39 is 0 Å². The van der Waals surface area contributed by atoms with Crippen LogP contribution in [0.2, 0.25) is 0 Å². The van der Waals surface area contributed by atoms with E-state index in [9.17, 15) is 0 Å². The molecule has 80 valence electrons. The maximum Gasteiger partial charge on any atom is 0.000242 e. The minimum atomic E-state index is 0.470. The number of thioether (sulfide) groups is 1. The molecule has 1 N–H and O–H groups in total. The number of hydrogen-bond acceptors (Lipinski definition) is 2. The third-order valence-electron chi connectivity index (χ3n) is 2.41. The summed E-state index contributed by atoms with van der Waals surface area (Å²) in [7, 11) is 0. The summed E-state index contributed by atoms with van der Waals surface area (Å²) in [6, 6.07) is 0.